The van der Waals surface area contributed by atoms with E-state index in [-0.39, 0.29) is 12.4 Å². The summed E-state index contributed by atoms with van der Waals surface area (Å²) in [5.74, 6) is 1.69. The van der Waals surface area contributed by atoms with Crippen molar-refractivity contribution in [1.29, 1.82) is 0 Å². The zero-order chi connectivity index (χ0) is 15.2. The maximum atomic E-state index is 11.5. The van der Waals surface area contributed by atoms with Crippen molar-refractivity contribution < 1.29 is 14.3 Å². The van der Waals surface area contributed by atoms with Gasteiger partial charge in [-0.25, -0.2) is 0 Å². The van der Waals surface area contributed by atoms with Crippen LogP contribution in [-0.2, 0) is 14.3 Å². The van der Waals surface area contributed by atoms with E-state index in [1.807, 2.05) is 0 Å². The molecule has 0 radical (unpaired) electrons. The van der Waals surface area contributed by atoms with E-state index >= 15 is 0 Å². The first-order valence-electron chi connectivity index (χ1n) is 8.19. The van der Waals surface area contributed by atoms with Crippen LogP contribution in [0.4, 0.5) is 0 Å². The second-order valence-corrected chi connectivity index (χ2v) is 6.38. The maximum absolute atomic E-state index is 11.5. The van der Waals surface area contributed by atoms with Crippen LogP contribution in [0.3, 0.4) is 0 Å². The number of Topliss-reactive ketones (excluding diaryl/α,β-unsaturated/α-hetero) is 1. The van der Waals surface area contributed by atoms with Crippen LogP contribution in [0.2, 0.25) is 0 Å². The molecule has 0 N–H and O–H groups in total. The molecule has 0 bridgehead atoms. The first-order chi connectivity index (χ1) is 9.52. The molecule has 0 rings (SSSR count). The van der Waals surface area contributed by atoms with E-state index in [0.29, 0.717) is 19.6 Å². The Morgan fingerprint density at radius 1 is 0.800 bits per heavy atom. The number of carbonyl (C=O) groups excluding carboxylic acids is 1. The number of unbranched alkanes of at least 4 members (excludes halogenated alkanes) is 1. The van der Waals surface area contributed by atoms with Gasteiger partial charge in [0.2, 0.25) is 0 Å². The summed E-state index contributed by atoms with van der Waals surface area (Å²) in [7, 11) is 0. The van der Waals surface area contributed by atoms with Crippen molar-refractivity contribution in [2.75, 3.05) is 26.4 Å². The average molecular weight is 286 g/mol. The number of hydrogen-bond donors (Lipinski definition) is 0. The van der Waals surface area contributed by atoms with E-state index in [1.54, 1.807) is 0 Å². The summed E-state index contributed by atoms with van der Waals surface area (Å²) < 4.78 is 10.8. The molecule has 0 unspecified atom stereocenters. The molecule has 0 aromatic rings. The molecular formula is C17H34O3. The van der Waals surface area contributed by atoms with Gasteiger partial charge in [0.15, 0.2) is 5.78 Å². The third-order valence-electron chi connectivity index (χ3n) is 3.19. The summed E-state index contributed by atoms with van der Waals surface area (Å²) in [6.45, 7) is 11.0. The Bertz CT molecular complexity index is 224. The minimum Gasteiger partial charge on any atom is -0.379 e. The monoisotopic (exact) mass is 286 g/mol. The molecular weight excluding hydrogens is 252 g/mol. The minimum absolute atomic E-state index is 0.216. The standard InChI is InChI=1S/C17H34O3/c1-15(2)8-5-6-10-17(18)14-20-13-12-19-11-7-9-16(3)4/h15-16H,5-14H2,1-4H3. The summed E-state index contributed by atoms with van der Waals surface area (Å²) in [6, 6.07) is 0. The molecule has 0 amide bonds. The second-order valence-electron chi connectivity index (χ2n) is 6.38. The van der Waals surface area contributed by atoms with Gasteiger partial charge >= 0.3 is 0 Å². The minimum atomic E-state index is 0.216. The highest BCUT2D eigenvalue weighted by molar-refractivity contribution is 5.79. The summed E-state index contributed by atoms with van der Waals surface area (Å²) in [4.78, 5) is 11.5. The Hall–Kier alpha value is -0.410. The van der Waals surface area contributed by atoms with Crippen molar-refractivity contribution in [3.8, 4) is 0 Å². The first-order valence-corrected chi connectivity index (χ1v) is 8.19. The third-order valence-corrected chi connectivity index (χ3v) is 3.19. The molecule has 0 aliphatic carbocycles. The zero-order valence-electron chi connectivity index (χ0n) is 14.0. The smallest absolute Gasteiger partial charge is 0.158 e. The highest BCUT2D eigenvalue weighted by Crippen LogP contribution is 2.08. The van der Waals surface area contributed by atoms with Crippen LogP contribution in [0.15, 0.2) is 0 Å². The molecule has 0 aliphatic heterocycles. The van der Waals surface area contributed by atoms with Crippen LogP contribution in [0.5, 0.6) is 0 Å². The molecule has 0 heterocycles. The summed E-state index contributed by atoms with van der Waals surface area (Å²) in [6.07, 6.45) is 6.30. The van der Waals surface area contributed by atoms with Gasteiger partial charge in [0.25, 0.3) is 0 Å². The van der Waals surface area contributed by atoms with Crippen LogP contribution in [0.25, 0.3) is 0 Å². The Morgan fingerprint density at radius 2 is 1.40 bits per heavy atom. The lowest BCUT2D eigenvalue weighted by molar-refractivity contribution is -0.124. The van der Waals surface area contributed by atoms with Crippen molar-refractivity contribution in [2.45, 2.75) is 66.2 Å². The molecule has 0 aromatic carbocycles. The third kappa shape index (κ3) is 15.6. The van der Waals surface area contributed by atoms with Crippen LogP contribution in [-0.4, -0.2) is 32.2 Å². The molecule has 0 aliphatic rings. The van der Waals surface area contributed by atoms with Crippen molar-refractivity contribution in [1.82, 2.24) is 0 Å². The molecule has 0 saturated heterocycles. The zero-order valence-corrected chi connectivity index (χ0v) is 14.0. The Labute approximate surface area is 125 Å². The fourth-order valence-electron chi connectivity index (χ4n) is 1.95. The molecule has 3 heteroatoms. The van der Waals surface area contributed by atoms with Gasteiger partial charge in [-0.3, -0.25) is 4.79 Å². The first kappa shape index (κ1) is 19.6. The Balaban J connectivity index is 3.19. The molecule has 120 valence electrons. The van der Waals surface area contributed by atoms with Crippen LogP contribution in [0, 0.1) is 11.8 Å². The maximum Gasteiger partial charge on any atom is 0.158 e. The fourth-order valence-corrected chi connectivity index (χ4v) is 1.95. The molecule has 20 heavy (non-hydrogen) atoms. The van der Waals surface area contributed by atoms with Crippen molar-refractivity contribution >= 4 is 5.78 Å². The van der Waals surface area contributed by atoms with E-state index in [9.17, 15) is 4.79 Å². The van der Waals surface area contributed by atoms with Gasteiger partial charge in [-0.1, -0.05) is 40.5 Å². The largest absolute Gasteiger partial charge is 0.379 e. The molecule has 0 spiro atoms. The van der Waals surface area contributed by atoms with E-state index in [4.69, 9.17) is 9.47 Å². The SMILES string of the molecule is CC(C)CCCCC(=O)COCCOCCCC(C)C. The van der Waals surface area contributed by atoms with Crippen molar-refractivity contribution in [2.24, 2.45) is 11.8 Å². The van der Waals surface area contributed by atoms with E-state index in [2.05, 4.69) is 27.7 Å². The lowest BCUT2D eigenvalue weighted by Gasteiger charge is -2.07. The molecule has 0 atom stereocenters. The van der Waals surface area contributed by atoms with Crippen LogP contribution >= 0.6 is 0 Å². The van der Waals surface area contributed by atoms with E-state index < -0.39 is 0 Å². The van der Waals surface area contributed by atoms with Crippen LogP contribution in [0.1, 0.15) is 66.2 Å². The molecule has 0 saturated carbocycles. The quantitative estimate of drug-likeness (QED) is 0.448. The predicted octanol–water partition coefficient (Wildman–Crippen LogP) is 4.24. The topological polar surface area (TPSA) is 35.5 Å². The van der Waals surface area contributed by atoms with Gasteiger partial charge in [-0.05, 0) is 31.1 Å². The summed E-state index contributed by atoms with van der Waals surface area (Å²) in [5.41, 5.74) is 0. The summed E-state index contributed by atoms with van der Waals surface area (Å²) in [5, 5.41) is 0. The van der Waals surface area contributed by atoms with Gasteiger partial charge in [0, 0.05) is 13.0 Å². The van der Waals surface area contributed by atoms with Crippen molar-refractivity contribution in [3.63, 3.8) is 0 Å². The number of carbonyl (C=O) groups is 1. The Kier molecular flexibility index (Phi) is 13.3. The lowest BCUT2D eigenvalue weighted by Crippen LogP contribution is -2.12. The van der Waals surface area contributed by atoms with Gasteiger partial charge in [-0.2, -0.15) is 0 Å². The molecule has 0 aromatic heterocycles. The number of hydrogen-bond acceptors (Lipinski definition) is 3. The van der Waals surface area contributed by atoms with Gasteiger partial charge < -0.3 is 9.47 Å². The van der Waals surface area contributed by atoms with Gasteiger partial charge in [-0.15, -0.1) is 0 Å². The van der Waals surface area contributed by atoms with Crippen LogP contribution < -0.4 is 0 Å². The Morgan fingerprint density at radius 3 is 2.05 bits per heavy atom. The average Bonchev–Trinajstić information content (AvgIpc) is 2.37. The summed E-state index contributed by atoms with van der Waals surface area (Å²) >= 11 is 0. The predicted molar refractivity (Wildman–Crippen MR) is 84.0 cm³/mol. The molecule has 0 fully saturated rings. The second kappa shape index (κ2) is 13.6. The highest BCUT2D eigenvalue weighted by atomic mass is 16.5. The normalized spacial score (nSPS) is 11.5. The van der Waals surface area contributed by atoms with Gasteiger partial charge in [0.1, 0.15) is 6.61 Å². The number of rotatable bonds is 14. The highest BCUT2D eigenvalue weighted by Gasteiger charge is 2.03. The fraction of sp³-hybridized carbons (Fsp3) is 0.941. The van der Waals surface area contributed by atoms with E-state index in [1.165, 1.54) is 12.8 Å². The van der Waals surface area contributed by atoms with Crippen molar-refractivity contribution in [3.05, 3.63) is 0 Å². The van der Waals surface area contributed by atoms with E-state index in [0.717, 1.165) is 37.7 Å². The molecule has 3 nitrogen and oxygen atoms in total. The number of ketones is 1. The van der Waals surface area contributed by atoms with Gasteiger partial charge in [0.05, 0.1) is 13.2 Å². The number of ether oxygens (including phenoxy) is 2. The lowest BCUT2D eigenvalue weighted by atomic mass is 10.0.